The fourth-order valence-electron chi connectivity index (χ4n) is 1.97. The van der Waals surface area contributed by atoms with Crippen molar-refractivity contribution in [2.24, 2.45) is 5.92 Å². The summed E-state index contributed by atoms with van der Waals surface area (Å²) in [6.45, 7) is 5.74. The number of nitrogens with zero attached hydrogens (tertiary/aromatic N) is 2. The molecule has 1 aromatic rings. The molecule has 1 saturated carbocycles. The highest BCUT2D eigenvalue weighted by Gasteiger charge is 2.25. The van der Waals surface area contributed by atoms with E-state index < -0.39 is 5.97 Å². The molecule has 1 aliphatic rings. The van der Waals surface area contributed by atoms with Gasteiger partial charge in [0.1, 0.15) is 0 Å². The number of hydrogen-bond donors (Lipinski definition) is 1. The molecule has 1 aromatic heterocycles. The highest BCUT2D eigenvalue weighted by Crippen LogP contribution is 2.30. The maximum atomic E-state index is 10.8. The third-order valence-corrected chi connectivity index (χ3v) is 4.00. The fraction of sp³-hybridized carbons (Fsp3) is 0.667. The van der Waals surface area contributed by atoms with E-state index in [2.05, 4.69) is 4.98 Å². The topological polar surface area (TPSA) is 53.4 Å². The summed E-state index contributed by atoms with van der Waals surface area (Å²) in [5.41, 5.74) is 1.04. The molecule has 0 atom stereocenters. The second-order valence-electron chi connectivity index (χ2n) is 4.75. The van der Waals surface area contributed by atoms with Crippen LogP contribution in [0.4, 0.5) is 0 Å². The van der Waals surface area contributed by atoms with Crippen LogP contribution in [0.15, 0.2) is 0 Å². The number of aromatic nitrogens is 1. The molecule has 1 N–H and O–H groups in total. The largest absolute Gasteiger partial charge is 0.480 e. The Morgan fingerprint density at radius 3 is 2.71 bits per heavy atom. The van der Waals surface area contributed by atoms with Crippen molar-refractivity contribution in [3.63, 3.8) is 0 Å². The summed E-state index contributed by atoms with van der Waals surface area (Å²) in [6.07, 6.45) is 2.49. The van der Waals surface area contributed by atoms with Crippen LogP contribution in [0.25, 0.3) is 0 Å². The molecule has 1 aliphatic carbocycles. The summed E-state index contributed by atoms with van der Waals surface area (Å²) in [6, 6.07) is 0. The Bertz CT molecular complexity index is 413. The first kappa shape index (κ1) is 12.5. The van der Waals surface area contributed by atoms with Crippen LogP contribution >= 0.6 is 11.3 Å². The van der Waals surface area contributed by atoms with Crippen LogP contribution in [0.2, 0.25) is 0 Å². The average Bonchev–Trinajstić information content (AvgIpc) is 2.93. The van der Waals surface area contributed by atoms with Crippen molar-refractivity contribution in [2.45, 2.75) is 33.2 Å². The summed E-state index contributed by atoms with van der Waals surface area (Å²) in [7, 11) is 0. The maximum Gasteiger partial charge on any atom is 0.317 e. The molecule has 5 heteroatoms. The first-order valence-corrected chi connectivity index (χ1v) is 6.73. The van der Waals surface area contributed by atoms with E-state index in [0.717, 1.165) is 23.8 Å². The number of carboxylic acid groups (broad SMARTS) is 1. The number of carbonyl (C=O) groups is 1. The Labute approximate surface area is 105 Å². The molecule has 0 aliphatic heterocycles. The van der Waals surface area contributed by atoms with E-state index in [1.807, 2.05) is 18.7 Å². The van der Waals surface area contributed by atoms with Gasteiger partial charge in [0, 0.05) is 18.0 Å². The number of hydrogen-bond acceptors (Lipinski definition) is 4. The minimum absolute atomic E-state index is 0.132. The van der Waals surface area contributed by atoms with Gasteiger partial charge in [-0.25, -0.2) is 4.98 Å². The molecule has 17 heavy (non-hydrogen) atoms. The minimum atomic E-state index is -0.746. The quantitative estimate of drug-likeness (QED) is 0.844. The molecule has 4 nitrogen and oxygen atoms in total. The fourth-order valence-corrected chi connectivity index (χ4v) is 2.94. The Kier molecular flexibility index (Phi) is 3.79. The smallest absolute Gasteiger partial charge is 0.317 e. The molecule has 1 fully saturated rings. The SMILES string of the molecule is Cc1nc(C)c(CN(CC(=O)O)CC2CC2)s1. The molecule has 0 aromatic carbocycles. The van der Waals surface area contributed by atoms with Crippen LogP contribution in [-0.4, -0.2) is 34.0 Å². The first-order chi connectivity index (χ1) is 8.04. The van der Waals surface area contributed by atoms with Crippen LogP contribution in [0.5, 0.6) is 0 Å². The van der Waals surface area contributed by atoms with Gasteiger partial charge >= 0.3 is 5.97 Å². The van der Waals surface area contributed by atoms with Crippen molar-refractivity contribution in [3.05, 3.63) is 15.6 Å². The van der Waals surface area contributed by atoms with Crippen LogP contribution in [0, 0.1) is 19.8 Å². The summed E-state index contributed by atoms with van der Waals surface area (Å²) in [5, 5.41) is 9.97. The zero-order valence-electron chi connectivity index (χ0n) is 10.3. The molecule has 0 unspecified atom stereocenters. The van der Waals surface area contributed by atoms with Crippen molar-refractivity contribution in [3.8, 4) is 0 Å². The second-order valence-corrected chi connectivity index (χ2v) is 6.04. The van der Waals surface area contributed by atoms with Crippen molar-refractivity contribution in [2.75, 3.05) is 13.1 Å². The van der Waals surface area contributed by atoms with Gasteiger partial charge < -0.3 is 5.11 Å². The lowest BCUT2D eigenvalue weighted by Gasteiger charge is -2.19. The van der Waals surface area contributed by atoms with Crippen molar-refractivity contribution in [1.29, 1.82) is 0 Å². The number of rotatable bonds is 6. The molecular formula is C12H18N2O2S. The van der Waals surface area contributed by atoms with E-state index in [-0.39, 0.29) is 6.54 Å². The van der Waals surface area contributed by atoms with Gasteiger partial charge in [-0.2, -0.15) is 0 Å². The number of aryl methyl sites for hydroxylation is 2. The van der Waals surface area contributed by atoms with E-state index in [4.69, 9.17) is 5.11 Å². The van der Waals surface area contributed by atoms with E-state index in [1.165, 1.54) is 17.7 Å². The summed E-state index contributed by atoms with van der Waals surface area (Å²) in [5.74, 6) is -0.0341. The summed E-state index contributed by atoms with van der Waals surface area (Å²) in [4.78, 5) is 18.4. The molecule has 0 saturated heterocycles. The van der Waals surface area contributed by atoms with E-state index in [1.54, 1.807) is 11.3 Å². The Morgan fingerprint density at radius 1 is 1.53 bits per heavy atom. The van der Waals surface area contributed by atoms with Gasteiger partial charge in [0.2, 0.25) is 0 Å². The number of carboxylic acids is 1. The molecular weight excluding hydrogens is 236 g/mol. The monoisotopic (exact) mass is 254 g/mol. The molecule has 0 radical (unpaired) electrons. The van der Waals surface area contributed by atoms with Gasteiger partial charge in [0.25, 0.3) is 0 Å². The van der Waals surface area contributed by atoms with Crippen LogP contribution in [0.1, 0.15) is 28.4 Å². The van der Waals surface area contributed by atoms with Gasteiger partial charge in [-0.05, 0) is 32.6 Å². The maximum absolute atomic E-state index is 10.8. The molecule has 0 bridgehead atoms. The number of thiazole rings is 1. The van der Waals surface area contributed by atoms with Crippen molar-refractivity contribution >= 4 is 17.3 Å². The zero-order valence-corrected chi connectivity index (χ0v) is 11.1. The molecule has 0 amide bonds. The average molecular weight is 254 g/mol. The normalized spacial score (nSPS) is 15.5. The van der Waals surface area contributed by atoms with Crippen LogP contribution < -0.4 is 0 Å². The first-order valence-electron chi connectivity index (χ1n) is 5.91. The zero-order chi connectivity index (χ0) is 12.4. The third kappa shape index (κ3) is 3.78. The van der Waals surface area contributed by atoms with Gasteiger partial charge in [0.15, 0.2) is 0 Å². The van der Waals surface area contributed by atoms with Gasteiger partial charge in [-0.1, -0.05) is 0 Å². The summed E-state index contributed by atoms with van der Waals surface area (Å²) < 4.78 is 0. The van der Waals surface area contributed by atoms with Crippen LogP contribution in [-0.2, 0) is 11.3 Å². The molecule has 2 rings (SSSR count). The third-order valence-electron chi connectivity index (χ3n) is 2.94. The number of aliphatic carboxylic acids is 1. The molecule has 0 spiro atoms. The Balaban J connectivity index is 1.99. The lowest BCUT2D eigenvalue weighted by Crippen LogP contribution is -2.31. The van der Waals surface area contributed by atoms with Gasteiger partial charge in [0.05, 0.1) is 17.2 Å². The lowest BCUT2D eigenvalue weighted by atomic mass is 10.3. The van der Waals surface area contributed by atoms with Crippen molar-refractivity contribution < 1.29 is 9.90 Å². The van der Waals surface area contributed by atoms with E-state index >= 15 is 0 Å². The predicted octanol–water partition coefficient (Wildman–Crippen LogP) is 2.06. The standard InChI is InChI=1S/C12H18N2O2S/c1-8-11(17-9(2)13-8)6-14(7-12(15)16)5-10-3-4-10/h10H,3-7H2,1-2H3,(H,15,16). The highest BCUT2D eigenvalue weighted by molar-refractivity contribution is 7.11. The molecule has 94 valence electrons. The van der Waals surface area contributed by atoms with E-state index in [0.29, 0.717) is 5.92 Å². The minimum Gasteiger partial charge on any atom is -0.480 e. The van der Waals surface area contributed by atoms with Crippen molar-refractivity contribution in [1.82, 2.24) is 9.88 Å². The predicted molar refractivity (Wildman–Crippen MR) is 67.2 cm³/mol. The van der Waals surface area contributed by atoms with Crippen LogP contribution in [0.3, 0.4) is 0 Å². The van der Waals surface area contributed by atoms with Gasteiger partial charge in [-0.15, -0.1) is 11.3 Å². The Hall–Kier alpha value is -0.940. The lowest BCUT2D eigenvalue weighted by molar-refractivity contribution is -0.138. The Morgan fingerprint density at radius 2 is 2.24 bits per heavy atom. The summed E-state index contributed by atoms with van der Waals surface area (Å²) >= 11 is 1.67. The highest BCUT2D eigenvalue weighted by atomic mass is 32.1. The van der Waals surface area contributed by atoms with Gasteiger partial charge in [-0.3, -0.25) is 9.69 Å². The molecule has 1 heterocycles. The van der Waals surface area contributed by atoms with E-state index in [9.17, 15) is 4.79 Å². The second kappa shape index (κ2) is 5.14.